The number of aromatic nitrogens is 1. The molecular formula is C22H30N6O4. The van der Waals surface area contributed by atoms with Crippen molar-refractivity contribution in [2.45, 2.75) is 37.8 Å². The van der Waals surface area contributed by atoms with Crippen LogP contribution in [0.3, 0.4) is 0 Å². The van der Waals surface area contributed by atoms with Gasteiger partial charge in [0, 0.05) is 37.9 Å². The van der Waals surface area contributed by atoms with Crippen molar-refractivity contribution >= 4 is 23.6 Å². The van der Waals surface area contributed by atoms with Crippen LogP contribution in [0, 0.1) is 5.92 Å². The summed E-state index contributed by atoms with van der Waals surface area (Å²) in [6.45, 7) is 2.86. The highest BCUT2D eigenvalue weighted by molar-refractivity contribution is 5.96. The van der Waals surface area contributed by atoms with Crippen LogP contribution in [0.25, 0.3) is 0 Å². The van der Waals surface area contributed by atoms with E-state index in [0.717, 1.165) is 32.4 Å². The van der Waals surface area contributed by atoms with E-state index >= 15 is 0 Å². The van der Waals surface area contributed by atoms with Gasteiger partial charge in [0.1, 0.15) is 12.1 Å². The highest BCUT2D eigenvalue weighted by Crippen LogP contribution is 2.21. The first-order valence-electron chi connectivity index (χ1n) is 11.3. The predicted octanol–water partition coefficient (Wildman–Crippen LogP) is -0.871. The van der Waals surface area contributed by atoms with Gasteiger partial charge in [-0.05, 0) is 50.9 Å². The van der Waals surface area contributed by atoms with Crippen LogP contribution in [0.1, 0.15) is 36.0 Å². The molecule has 0 spiro atoms. The molecule has 4 amide bonds. The molecule has 172 valence electrons. The minimum Gasteiger partial charge on any atom is -0.354 e. The normalized spacial score (nSPS) is 24.6. The van der Waals surface area contributed by atoms with Gasteiger partial charge in [-0.25, -0.2) is 0 Å². The average Bonchev–Trinajstić information content (AvgIpc) is 2.85. The molecule has 3 aliphatic rings. The first-order chi connectivity index (χ1) is 15.5. The van der Waals surface area contributed by atoms with Crippen LogP contribution >= 0.6 is 0 Å². The van der Waals surface area contributed by atoms with Crippen molar-refractivity contribution in [3.05, 3.63) is 30.1 Å². The third-order valence-corrected chi connectivity index (χ3v) is 6.45. The Morgan fingerprint density at radius 1 is 1.09 bits per heavy atom. The van der Waals surface area contributed by atoms with Crippen molar-refractivity contribution in [3.63, 3.8) is 0 Å². The van der Waals surface area contributed by atoms with E-state index in [4.69, 9.17) is 0 Å². The SMILES string of the molecule is O=C1NCCC[C@H]1NC(=O)[C@@H]1CN(C(=O)c2cccnc2)CCN1C(=O)C1CCNCC1. The summed E-state index contributed by atoms with van der Waals surface area (Å²) in [5.74, 6) is -1.00. The lowest BCUT2D eigenvalue weighted by Crippen LogP contribution is -2.64. The van der Waals surface area contributed by atoms with Crippen molar-refractivity contribution in [1.29, 1.82) is 0 Å². The van der Waals surface area contributed by atoms with Gasteiger partial charge in [0.2, 0.25) is 17.7 Å². The molecule has 3 fully saturated rings. The first kappa shape index (κ1) is 22.2. The van der Waals surface area contributed by atoms with Gasteiger partial charge < -0.3 is 25.8 Å². The van der Waals surface area contributed by atoms with E-state index in [-0.39, 0.29) is 36.7 Å². The lowest BCUT2D eigenvalue weighted by molar-refractivity contribution is -0.147. The van der Waals surface area contributed by atoms with Crippen LogP contribution in [0.15, 0.2) is 24.5 Å². The molecule has 1 aromatic heterocycles. The summed E-state index contributed by atoms with van der Waals surface area (Å²) in [5.41, 5.74) is 0.441. The fourth-order valence-corrected chi connectivity index (χ4v) is 4.61. The Balaban J connectivity index is 1.51. The Hall–Kier alpha value is -3.01. The zero-order valence-electron chi connectivity index (χ0n) is 18.1. The number of piperazine rings is 1. The third kappa shape index (κ3) is 4.90. The summed E-state index contributed by atoms with van der Waals surface area (Å²) in [4.78, 5) is 58.9. The molecule has 10 nitrogen and oxygen atoms in total. The van der Waals surface area contributed by atoms with Crippen LogP contribution in [0.4, 0.5) is 0 Å². The number of nitrogens with one attached hydrogen (secondary N) is 3. The van der Waals surface area contributed by atoms with E-state index in [9.17, 15) is 19.2 Å². The van der Waals surface area contributed by atoms with Gasteiger partial charge in [-0.1, -0.05) is 0 Å². The quantitative estimate of drug-likeness (QED) is 0.557. The Morgan fingerprint density at radius 3 is 2.62 bits per heavy atom. The molecule has 0 radical (unpaired) electrons. The lowest BCUT2D eigenvalue weighted by Gasteiger charge is -2.42. The van der Waals surface area contributed by atoms with Gasteiger partial charge in [0.15, 0.2) is 0 Å². The fourth-order valence-electron chi connectivity index (χ4n) is 4.61. The van der Waals surface area contributed by atoms with Gasteiger partial charge in [0.05, 0.1) is 12.1 Å². The van der Waals surface area contributed by atoms with Gasteiger partial charge in [-0.15, -0.1) is 0 Å². The third-order valence-electron chi connectivity index (χ3n) is 6.45. The molecule has 3 aliphatic heterocycles. The second-order valence-corrected chi connectivity index (χ2v) is 8.56. The van der Waals surface area contributed by atoms with E-state index < -0.39 is 18.0 Å². The molecule has 32 heavy (non-hydrogen) atoms. The van der Waals surface area contributed by atoms with Crippen LogP contribution in [0.5, 0.6) is 0 Å². The number of amides is 4. The number of hydrogen-bond donors (Lipinski definition) is 3. The van der Waals surface area contributed by atoms with E-state index in [1.807, 2.05) is 0 Å². The molecule has 1 aromatic rings. The van der Waals surface area contributed by atoms with Gasteiger partial charge >= 0.3 is 0 Å². The van der Waals surface area contributed by atoms with E-state index in [1.165, 1.54) is 6.20 Å². The minimum absolute atomic E-state index is 0.0479. The molecular weight excluding hydrogens is 412 g/mol. The summed E-state index contributed by atoms with van der Waals surface area (Å²) in [5, 5.41) is 8.83. The molecule has 2 atom stereocenters. The maximum atomic E-state index is 13.3. The standard InChI is InChI=1S/C22H30N6O4/c29-19-17(4-2-8-25-19)26-20(30)18-14-27(21(31)16-3-1-7-24-13-16)11-12-28(18)22(32)15-5-9-23-10-6-15/h1,3,7,13,15,17-18,23H,2,4-6,8-12,14H2,(H,25,29)(H,26,30)/t17-,18+/m1/s1. The topological polar surface area (TPSA) is 124 Å². The van der Waals surface area contributed by atoms with Crippen molar-refractivity contribution in [1.82, 2.24) is 30.7 Å². The molecule has 10 heteroatoms. The summed E-state index contributed by atoms with van der Waals surface area (Å²) in [6, 6.07) is 1.93. The van der Waals surface area contributed by atoms with Crippen molar-refractivity contribution in [2.75, 3.05) is 39.3 Å². The summed E-state index contributed by atoms with van der Waals surface area (Å²) in [7, 11) is 0. The fraction of sp³-hybridized carbons (Fsp3) is 0.591. The number of hydrogen-bond acceptors (Lipinski definition) is 6. The van der Waals surface area contributed by atoms with E-state index in [1.54, 1.807) is 28.1 Å². The number of carbonyl (C=O) groups is 4. The smallest absolute Gasteiger partial charge is 0.255 e. The number of rotatable bonds is 4. The molecule has 0 aromatic carbocycles. The molecule has 0 saturated carbocycles. The summed E-state index contributed by atoms with van der Waals surface area (Å²) >= 11 is 0. The van der Waals surface area contributed by atoms with Gasteiger partial charge in [0.25, 0.3) is 5.91 Å². The average molecular weight is 443 g/mol. The molecule has 0 bridgehead atoms. The highest BCUT2D eigenvalue weighted by atomic mass is 16.2. The zero-order chi connectivity index (χ0) is 22.5. The number of nitrogens with zero attached hydrogens (tertiary/aromatic N) is 3. The monoisotopic (exact) mass is 442 g/mol. The Morgan fingerprint density at radius 2 is 1.91 bits per heavy atom. The molecule has 0 unspecified atom stereocenters. The van der Waals surface area contributed by atoms with Crippen molar-refractivity contribution < 1.29 is 19.2 Å². The van der Waals surface area contributed by atoms with Crippen LogP contribution < -0.4 is 16.0 Å². The van der Waals surface area contributed by atoms with E-state index in [0.29, 0.717) is 25.1 Å². The Kier molecular flexibility index (Phi) is 6.99. The molecule has 4 rings (SSSR count). The van der Waals surface area contributed by atoms with Crippen molar-refractivity contribution in [3.8, 4) is 0 Å². The second-order valence-electron chi connectivity index (χ2n) is 8.56. The Labute approximate surface area is 187 Å². The minimum atomic E-state index is -0.832. The van der Waals surface area contributed by atoms with Crippen LogP contribution in [0.2, 0.25) is 0 Å². The largest absolute Gasteiger partial charge is 0.354 e. The summed E-state index contributed by atoms with van der Waals surface area (Å²) in [6.07, 6.45) is 5.89. The molecule has 3 saturated heterocycles. The van der Waals surface area contributed by atoms with E-state index in [2.05, 4.69) is 20.9 Å². The predicted molar refractivity (Wildman–Crippen MR) is 115 cm³/mol. The number of pyridine rings is 1. The lowest BCUT2D eigenvalue weighted by atomic mass is 9.95. The maximum Gasteiger partial charge on any atom is 0.255 e. The van der Waals surface area contributed by atoms with Crippen molar-refractivity contribution in [2.24, 2.45) is 5.92 Å². The first-order valence-corrected chi connectivity index (χ1v) is 11.3. The number of piperidine rings is 2. The van der Waals surface area contributed by atoms with Crippen LogP contribution in [-0.4, -0.2) is 89.8 Å². The van der Waals surface area contributed by atoms with Gasteiger partial charge in [-0.2, -0.15) is 0 Å². The second kappa shape index (κ2) is 10.1. The summed E-state index contributed by atoms with van der Waals surface area (Å²) < 4.78 is 0. The van der Waals surface area contributed by atoms with Gasteiger partial charge in [-0.3, -0.25) is 24.2 Å². The molecule has 0 aliphatic carbocycles. The zero-order valence-corrected chi connectivity index (χ0v) is 18.1. The maximum absolute atomic E-state index is 13.3. The Bertz CT molecular complexity index is 857. The molecule has 4 heterocycles. The van der Waals surface area contributed by atoms with Crippen LogP contribution in [-0.2, 0) is 14.4 Å². The molecule has 3 N–H and O–H groups in total. The highest BCUT2D eigenvalue weighted by Gasteiger charge is 2.40. The number of carbonyl (C=O) groups excluding carboxylic acids is 4.